The molecular weight excluding hydrogens is 216 g/mol. The van der Waals surface area contributed by atoms with E-state index < -0.39 is 0 Å². The SMILES string of the molecule is COCCC(C)N1CCOCC1CNC1CC1. The number of nitrogens with zero attached hydrogens (tertiary/aromatic N) is 1. The van der Waals surface area contributed by atoms with Crippen LogP contribution in [0.5, 0.6) is 0 Å². The summed E-state index contributed by atoms with van der Waals surface area (Å²) in [6.45, 7) is 7.02. The minimum Gasteiger partial charge on any atom is -0.385 e. The van der Waals surface area contributed by atoms with E-state index >= 15 is 0 Å². The molecule has 1 aliphatic carbocycles. The van der Waals surface area contributed by atoms with E-state index in [1.54, 1.807) is 7.11 Å². The molecule has 2 aliphatic rings. The number of morpholine rings is 1. The van der Waals surface area contributed by atoms with Crippen molar-refractivity contribution in [3.05, 3.63) is 0 Å². The minimum atomic E-state index is 0.538. The molecule has 0 aromatic heterocycles. The van der Waals surface area contributed by atoms with E-state index in [1.807, 2.05) is 0 Å². The zero-order chi connectivity index (χ0) is 12.1. The first-order chi connectivity index (χ1) is 8.31. The van der Waals surface area contributed by atoms with Gasteiger partial charge in [0.15, 0.2) is 0 Å². The molecule has 2 atom stereocenters. The smallest absolute Gasteiger partial charge is 0.0635 e. The molecule has 1 saturated heterocycles. The van der Waals surface area contributed by atoms with Gasteiger partial charge in [0.05, 0.1) is 13.2 Å². The molecule has 0 radical (unpaired) electrons. The molecule has 0 amide bonds. The van der Waals surface area contributed by atoms with E-state index in [9.17, 15) is 0 Å². The van der Waals surface area contributed by atoms with Crippen molar-refractivity contribution in [3.8, 4) is 0 Å². The molecule has 17 heavy (non-hydrogen) atoms. The Kier molecular flexibility index (Phi) is 5.22. The Morgan fingerprint density at radius 3 is 3.00 bits per heavy atom. The van der Waals surface area contributed by atoms with Crippen molar-refractivity contribution < 1.29 is 9.47 Å². The van der Waals surface area contributed by atoms with Gasteiger partial charge in [0.25, 0.3) is 0 Å². The lowest BCUT2D eigenvalue weighted by Gasteiger charge is -2.40. The van der Waals surface area contributed by atoms with Crippen molar-refractivity contribution in [3.63, 3.8) is 0 Å². The van der Waals surface area contributed by atoms with Gasteiger partial charge in [0, 0.05) is 44.9 Å². The van der Waals surface area contributed by atoms with Gasteiger partial charge < -0.3 is 14.8 Å². The molecule has 2 rings (SSSR count). The second kappa shape index (κ2) is 6.69. The lowest BCUT2D eigenvalue weighted by atomic mass is 10.1. The molecule has 1 N–H and O–H groups in total. The minimum absolute atomic E-state index is 0.538. The van der Waals surface area contributed by atoms with Gasteiger partial charge in [0.2, 0.25) is 0 Å². The Morgan fingerprint density at radius 2 is 2.29 bits per heavy atom. The van der Waals surface area contributed by atoms with Gasteiger partial charge in [-0.3, -0.25) is 4.90 Å². The molecule has 1 aliphatic heterocycles. The highest BCUT2D eigenvalue weighted by Crippen LogP contribution is 2.20. The summed E-state index contributed by atoms with van der Waals surface area (Å²) >= 11 is 0. The van der Waals surface area contributed by atoms with Crippen molar-refractivity contribution in [1.82, 2.24) is 10.2 Å². The van der Waals surface area contributed by atoms with Gasteiger partial charge >= 0.3 is 0 Å². The highest BCUT2D eigenvalue weighted by molar-refractivity contribution is 4.86. The number of methoxy groups -OCH3 is 1. The van der Waals surface area contributed by atoms with E-state index in [4.69, 9.17) is 9.47 Å². The average molecular weight is 242 g/mol. The third-order valence-electron chi connectivity index (χ3n) is 3.80. The van der Waals surface area contributed by atoms with Crippen LogP contribution in [0, 0.1) is 0 Å². The largest absolute Gasteiger partial charge is 0.385 e. The van der Waals surface area contributed by atoms with Gasteiger partial charge in [-0.1, -0.05) is 0 Å². The maximum Gasteiger partial charge on any atom is 0.0635 e. The summed E-state index contributed by atoms with van der Waals surface area (Å²) in [4.78, 5) is 2.58. The Balaban J connectivity index is 1.77. The van der Waals surface area contributed by atoms with Crippen LogP contribution in [0.4, 0.5) is 0 Å². The Hall–Kier alpha value is -0.160. The number of hydrogen-bond acceptors (Lipinski definition) is 4. The van der Waals surface area contributed by atoms with E-state index in [0.29, 0.717) is 12.1 Å². The molecule has 4 heteroatoms. The third-order valence-corrected chi connectivity index (χ3v) is 3.80. The summed E-state index contributed by atoms with van der Waals surface area (Å²) in [6.07, 6.45) is 3.82. The molecule has 0 spiro atoms. The van der Waals surface area contributed by atoms with Gasteiger partial charge in [-0.2, -0.15) is 0 Å². The number of hydrogen-bond donors (Lipinski definition) is 1. The summed E-state index contributed by atoms with van der Waals surface area (Å²) in [6, 6.07) is 1.91. The van der Waals surface area contributed by atoms with Gasteiger partial charge in [-0.05, 0) is 26.2 Å². The lowest BCUT2D eigenvalue weighted by molar-refractivity contribution is -0.0298. The van der Waals surface area contributed by atoms with Crippen LogP contribution in [0.3, 0.4) is 0 Å². The van der Waals surface area contributed by atoms with Gasteiger partial charge in [0.1, 0.15) is 0 Å². The van der Waals surface area contributed by atoms with Crippen molar-refractivity contribution >= 4 is 0 Å². The van der Waals surface area contributed by atoms with Gasteiger partial charge in [-0.25, -0.2) is 0 Å². The fourth-order valence-corrected chi connectivity index (χ4v) is 2.47. The topological polar surface area (TPSA) is 33.7 Å². The summed E-state index contributed by atoms with van der Waals surface area (Å²) in [7, 11) is 1.78. The standard InChI is InChI=1S/C13H26N2O2/c1-11(5-7-16-2)15-6-8-17-10-13(15)9-14-12-3-4-12/h11-14H,3-10H2,1-2H3. The second-order valence-electron chi connectivity index (χ2n) is 5.28. The lowest BCUT2D eigenvalue weighted by Crippen LogP contribution is -2.54. The Bertz CT molecular complexity index is 221. The first-order valence-corrected chi connectivity index (χ1v) is 6.87. The van der Waals surface area contributed by atoms with Crippen LogP contribution in [-0.2, 0) is 9.47 Å². The monoisotopic (exact) mass is 242 g/mol. The fourth-order valence-electron chi connectivity index (χ4n) is 2.47. The van der Waals surface area contributed by atoms with Crippen LogP contribution in [0.2, 0.25) is 0 Å². The van der Waals surface area contributed by atoms with Crippen LogP contribution in [0.25, 0.3) is 0 Å². The quantitative estimate of drug-likeness (QED) is 0.718. The molecule has 0 aromatic rings. The molecule has 2 unspecified atom stereocenters. The second-order valence-corrected chi connectivity index (χ2v) is 5.28. The van der Waals surface area contributed by atoms with Crippen molar-refractivity contribution in [2.45, 2.75) is 44.3 Å². The molecule has 0 bridgehead atoms. The van der Waals surface area contributed by atoms with E-state index in [2.05, 4.69) is 17.1 Å². The van der Waals surface area contributed by atoms with Crippen LogP contribution >= 0.6 is 0 Å². The molecule has 4 nitrogen and oxygen atoms in total. The average Bonchev–Trinajstić information content (AvgIpc) is 3.18. The van der Waals surface area contributed by atoms with Crippen molar-refractivity contribution in [2.24, 2.45) is 0 Å². The zero-order valence-electron chi connectivity index (χ0n) is 11.2. The predicted molar refractivity (Wildman–Crippen MR) is 68.3 cm³/mol. The number of rotatable bonds is 7. The first kappa shape index (κ1) is 13.3. The van der Waals surface area contributed by atoms with Gasteiger partial charge in [-0.15, -0.1) is 0 Å². The predicted octanol–water partition coefficient (Wildman–Crippen LogP) is 0.864. The number of nitrogens with one attached hydrogen (secondary N) is 1. The molecule has 2 fully saturated rings. The Morgan fingerprint density at radius 1 is 1.47 bits per heavy atom. The van der Waals surface area contributed by atoms with Crippen molar-refractivity contribution in [1.29, 1.82) is 0 Å². The van der Waals surface area contributed by atoms with E-state index in [1.165, 1.54) is 12.8 Å². The highest BCUT2D eigenvalue weighted by Gasteiger charge is 2.29. The zero-order valence-corrected chi connectivity index (χ0v) is 11.2. The number of ether oxygens (including phenoxy) is 2. The molecular formula is C13H26N2O2. The Labute approximate surface area is 105 Å². The highest BCUT2D eigenvalue weighted by atomic mass is 16.5. The molecule has 100 valence electrons. The fraction of sp³-hybridized carbons (Fsp3) is 1.00. The van der Waals surface area contributed by atoms with Crippen LogP contribution in [0.15, 0.2) is 0 Å². The molecule has 1 heterocycles. The molecule has 0 aromatic carbocycles. The normalized spacial score (nSPS) is 28.2. The summed E-state index contributed by atoms with van der Waals surface area (Å²) in [5.41, 5.74) is 0. The maximum atomic E-state index is 5.61. The first-order valence-electron chi connectivity index (χ1n) is 6.87. The van der Waals surface area contributed by atoms with Crippen molar-refractivity contribution in [2.75, 3.05) is 40.0 Å². The third kappa shape index (κ3) is 4.21. The van der Waals surface area contributed by atoms with E-state index in [-0.39, 0.29) is 0 Å². The van der Waals surface area contributed by atoms with Crippen LogP contribution in [-0.4, -0.2) is 63.0 Å². The maximum absolute atomic E-state index is 5.61. The van der Waals surface area contributed by atoms with Crippen LogP contribution < -0.4 is 5.32 Å². The summed E-state index contributed by atoms with van der Waals surface area (Å²) in [5.74, 6) is 0. The summed E-state index contributed by atoms with van der Waals surface area (Å²) < 4.78 is 10.8. The van der Waals surface area contributed by atoms with Crippen LogP contribution in [0.1, 0.15) is 26.2 Å². The van der Waals surface area contributed by atoms with E-state index in [0.717, 1.165) is 45.4 Å². The summed E-state index contributed by atoms with van der Waals surface area (Å²) in [5, 5.41) is 3.61. The molecule has 1 saturated carbocycles.